The van der Waals surface area contributed by atoms with E-state index in [4.69, 9.17) is 10.1 Å². The topological polar surface area (TPSA) is 74.1 Å². The molecular formula is C23H25N5O. The molecule has 0 amide bonds. The molecule has 148 valence electrons. The number of ether oxygens (including phenoxy) is 1. The number of hydrogen-bond donors (Lipinski definition) is 2. The smallest absolute Gasteiger partial charge is 0.138 e. The Morgan fingerprint density at radius 2 is 1.90 bits per heavy atom. The lowest BCUT2D eigenvalue weighted by atomic mass is 10.0. The summed E-state index contributed by atoms with van der Waals surface area (Å²) in [4.78, 5) is 10.9. The van der Waals surface area contributed by atoms with Crippen LogP contribution in [0.2, 0.25) is 0 Å². The molecule has 1 aromatic heterocycles. The molecule has 1 aliphatic heterocycles. The second-order valence-corrected chi connectivity index (χ2v) is 7.05. The minimum Gasteiger partial charge on any atom is -0.457 e. The van der Waals surface area contributed by atoms with Gasteiger partial charge in [0.05, 0.1) is 11.3 Å². The van der Waals surface area contributed by atoms with Crippen LogP contribution in [-0.2, 0) is 0 Å². The van der Waals surface area contributed by atoms with E-state index in [-0.39, 0.29) is 0 Å². The first kappa shape index (κ1) is 19.1. The third kappa shape index (κ3) is 4.43. The summed E-state index contributed by atoms with van der Waals surface area (Å²) in [7, 11) is 0. The molecule has 6 nitrogen and oxygen atoms in total. The van der Waals surface area contributed by atoms with Crippen molar-refractivity contribution in [2.75, 3.05) is 25.0 Å². The van der Waals surface area contributed by atoms with E-state index in [1.807, 2.05) is 54.6 Å². The number of likely N-dealkylation sites (tertiary alicyclic amines) is 1. The molecule has 4 rings (SSSR count). The van der Waals surface area contributed by atoms with E-state index in [0.717, 1.165) is 36.7 Å². The second-order valence-electron chi connectivity index (χ2n) is 7.05. The summed E-state index contributed by atoms with van der Waals surface area (Å²) in [6.07, 6.45) is 4.42. The van der Waals surface area contributed by atoms with Crippen molar-refractivity contribution in [1.82, 2.24) is 14.9 Å². The Bertz CT molecular complexity index is 957. The highest BCUT2D eigenvalue weighted by Crippen LogP contribution is 2.23. The van der Waals surface area contributed by atoms with Gasteiger partial charge in [-0.1, -0.05) is 25.1 Å². The van der Waals surface area contributed by atoms with Crippen molar-refractivity contribution in [3.8, 4) is 11.5 Å². The number of aromatic nitrogens is 2. The fraction of sp³-hybridized carbons (Fsp3) is 0.261. The maximum atomic E-state index is 8.65. The van der Waals surface area contributed by atoms with Crippen molar-refractivity contribution >= 4 is 11.5 Å². The van der Waals surface area contributed by atoms with Gasteiger partial charge in [-0.3, -0.25) is 10.3 Å². The summed E-state index contributed by atoms with van der Waals surface area (Å²) in [6, 6.07) is 17.7. The molecule has 2 heterocycles. The van der Waals surface area contributed by atoms with Gasteiger partial charge in [0.25, 0.3) is 0 Å². The van der Waals surface area contributed by atoms with Crippen LogP contribution in [-0.4, -0.2) is 46.3 Å². The summed E-state index contributed by atoms with van der Waals surface area (Å²) < 4.78 is 5.83. The number of nitrogens with one attached hydrogen (secondary N) is 2. The van der Waals surface area contributed by atoms with E-state index in [2.05, 4.69) is 27.1 Å². The van der Waals surface area contributed by atoms with Gasteiger partial charge >= 0.3 is 0 Å². The van der Waals surface area contributed by atoms with Gasteiger partial charge in [0, 0.05) is 30.9 Å². The lowest BCUT2D eigenvalue weighted by Crippen LogP contribution is -2.51. The molecule has 0 bridgehead atoms. The van der Waals surface area contributed by atoms with Crippen molar-refractivity contribution in [2.24, 2.45) is 0 Å². The van der Waals surface area contributed by atoms with Crippen molar-refractivity contribution in [2.45, 2.75) is 19.4 Å². The van der Waals surface area contributed by atoms with E-state index in [1.165, 1.54) is 12.7 Å². The Morgan fingerprint density at radius 1 is 1.14 bits per heavy atom. The van der Waals surface area contributed by atoms with Gasteiger partial charge in [-0.25, -0.2) is 9.97 Å². The second kappa shape index (κ2) is 8.84. The Labute approximate surface area is 171 Å². The molecule has 1 fully saturated rings. The number of para-hydroxylation sites is 1. The summed E-state index contributed by atoms with van der Waals surface area (Å²) in [5.41, 5.74) is 1.88. The molecule has 0 saturated carbocycles. The van der Waals surface area contributed by atoms with Gasteiger partial charge in [0.2, 0.25) is 0 Å². The lowest BCUT2D eigenvalue weighted by molar-refractivity contribution is 0.108. The van der Waals surface area contributed by atoms with E-state index in [1.54, 1.807) is 6.20 Å². The summed E-state index contributed by atoms with van der Waals surface area (Å²) >= 11 is 0. The predicted octanol–water partition coefficient (Wildman–Crippen LogP) is 4.19. The molecule has 1 aliphatic rings. The Kier molecular flexibility index (Phi) is 5.81. The van der Waals surface area contributed by atoms with Crippen LogP contribution in [0.4, 0.5) is 5.82 Å². The number of benzene rings is 2. The first-order valence-corrected chi connectivity index (χ1v) is 9.94. The number of anilines is 1. The van der Waals surface area contributed by atoms with Gasteiger partial charge in [-0.2, -0.15) is 0 Å². The third-order valence-electron chi connectivity index (χ3n) is 5.28. The van der Waals surface area contributed by atoms with Crippen LogP contribution < -0.4 is 10.1 Å². The minimum atomic E-state index is 0.389. The van der Waals surface area contributed by atoms with Crippen LogP contribution in [0.1, 0.15) is 24.5 Å². The molecule has 3 aromatic rings. The molecule has 1 saturated heterocycles. The van der Waals surface area contributed by atoms with Crippen molar-refractivity contribution in [3.05, 3.63) is 78.2 Å². The highest BCUT2D eigenvalue weighted by Gasteiger charge is 2.26. The number of nitrogens with zero attached hydrogens (tertiary/aromatic N) is 3. The quantitative estimate of drug-likeness (QED) is 0.567. The van der Waals surface area contributed by atoms with E-state index in [0.29, 0.717) is 23.1 Å². The van der Waals surface area contributed by atoms with Crippen LogP contribution in [0.5, 0.6) is 11.5 Å². The first-order valence-electron chi connectivity index (χ1n) is 9.94. The van der Waals surface area contributed by atoms with Crippen LogP contribution in [0.3, 0.4) is 0 Å². The van der Waals surface area contributed by atoms with Gasteiger partial charge in [-0.05, 0) is 49.4 Å². The zero-order valence-electron chi connectivity index (χ0n) is 16.5. The third-order valence-corrected chi connectivity index (χ3v) is 5.28. The standard InChI is InChI=1S/C23H25N5O/c1-2-28-13-12-18(28)14-26-23-21(15-25-16-27-23)22(24)17-8-10-20(11-9-17)29-19-6-4-3-5-7-19/h3-11,15-16,18,24H,2,12-14H2,1H3,(H,25,26,27). The van der Waals surface area contributed by atoms with Crippen molar-refractivity contribution in [3.63, 3.8) is 0 Å². The monoisotopic (exact) mass is 387 g/mol. The lowest BCUT2D eigenvalue weighted by Gasteiger charge is -2.40. The van der Waals surface area contributed by atoms with Gasteiger partial charge in [0.15, 0.2) is 0 Å². The van der Waals surface area contributed by atoms with Crippen molar-refractivity contribution < 1.29 is 4.74 Å². The fourth-order valence-corrected chi connectivity index (χ4v) is 3.48. The first-order chi connectivity index (χ1) is 14.2. The van der Waals surface area contributed by atoms with Crippen molar-refractivity contribution in [1.29, 1.82) is 5.41 Å². The molecule has 0 aliphatic carbocycles. The maximum Gasteiger partial charge on any atom is 0.138 e. The SMILES string of the molecule is CCN1CCC1CNc1ncncc1C(=N)c1ccc(Oc2ccccc2)cc1. The molecular weight excluding hydrogens is 362 g/mol. The number of hydrogen-bond acceptors (Lipinski definition) is 6. The molecule has 2 N–H and O–H groups in total. The van der Waals surface area contributed by atoms with Gasteiger partial charge in [0.1, 0.15) is 23.6 Å². The molecule has 0 radical (unpaired) electrons. The van der Waals surface area contributed by atoms with Gasteiger partial charge < -0.3 is 10.1 Å². The highest BCUT2D eigenvalue weighted by molar-refractivity contribution is 6.13. The van der Waals surface area contributed by atoms with Crippen LogP contribution in [0.25, 0.3) is 0 Å². The molecule has 1 atom stereocenters. The summed E-state index contributed by atoms with van der Waals surface area (Å²) in [5.74, 6) is 2.23. The minimum absolute atomic E-state index is 0.389. The molecule has 2 aromatic carbocycles. The summed E-state index contributed by atoms with van der Waals surface area (Å²) in [5, 5.41) is 12.1. The largest absolute Gasteiger partial charge is 0.457 e. The Hall–Kier alpha value is -3.25. The average molecular weight is 387 g/mol. The fourth-order valence-electron chi connectivity index (χ4n) is 3.48. The summed E-state index contributed by atoms with van der Waals surface area (Å²) in [6.45, 7) is 5.24. The Balaban J connectivity index is 1.45. The van der Waals surface area contributed by atoms with Crippen LogP contribution >= 0.6 is 0 Å². The normalized spacial score (nSPS) is 16.1. The van der Waals surface area contributed by atoms with E-state index >= 15 is 0 Å². The molecule has 0 spiro atoms. The Morgan fingerprint density at radius 3 is 2.59 bits per heavy atom. The maximum absolute atomic E-state index is 8.65. The molecule has 1 unspecified atom stereocenters. The highest BCUT2D eigenvalue weighted by atomic mass is 16.5. The van der Waals surface area contributed by atoms with Crippen LogP contribution in [0, 0.1) is 5.41 Å². The molecule has 6 heteroatoms. The van der Waals surface area contributed by atoms with E-state index in [9.17, 15) is 0 Å². The average Bonchev–Trinajstić information content (AvgIpc) is 2.75. The van der Waals surface area contributed by atoms with Crippen LogP contribution in [0.15, 0.2) is 67.1 Å². The zero-order chi connectivity index (χ0) is 20.1. The number of likely N-dealkylation sites (N-methyl/N-ethyl adjacent to an activating group) is 1. The number of rotatable bonds is 8. The zero-order valence-corrected chi connectivity index (χ0v) is 16.5. The molecule has 29 heavy (non-hydrogen) atoms. The van der Waals surface area contributed by atoms with Gasteiger partial charge in [-0.15, -0.1) is 0 Å². The van der Waals surface area contributed by atoms with E-state index < -0.39 is 0 Å². The predicted molar refractivity (Wildman–Crippen MR) is 115 cm³/mol.